The van der Waals surface area contributed by atoms with Crippen LogP contribution >= 0.6 is 7.82 Å². The molecule has 0 spiro atoms. The Bertz CT molecular complexity index is 430. The average molecular weight is 273 g/mol. The van der Waals surface area contributed by atoms with Gasteiger partial charge in [0.05, 0.1) is 0 Å². The number of amides is 1. The Labute approximate surface area is 105 Å². The summed E-state index contributed by atoms with van der Waals surface area (Å²) in [5.74, 6) is 0. The molecule has 0 unspecified atom stereocenters. The molecule has 0 radical (unpaired) electrons. The normalized spacial score (nSPS) is 11.1. The van der Waals surface area contributed by atoms with Gasteiger partial charge in [-0.3, -0.25) is 9.79 Å². The van der Waals surface area contributed by atoms with Crippen molar-refractivity contribution in [2.75, 3.05) is 6.54 Å². The lowest BCUT2D eigenvalue weighted by molar-refractivity contribution is 0.131. The van der Waals surface area contributed by atoms with Crippen LogP contribution in [-0.2, 0) is 15.6 Å². The summed E-state index contributed by atoms with van der Waals surface area (Å²) in [5.41, 5.74) is 0.869. The van der Waals surface area contributed by atoms with E-state index in [0.717, 1.165) is 5.56 Å². The Kier molecular flexibility index (Phi) is 5.34. The van der Waals surface area contributed by atoms with Crippen molar-refractivity contribution in [3.8, 4) is 0 Å². The number of benzene rings is 1. The van der Waals surface area contributed by atoms with Gasteiger partial charge in [0.1, 0.15) is 0 Å². The first-order chi connectivity index (χ1) is 8.42. The largest absolute Gasteiger partial charge is 0.528 e. The number of carbonyl (C=O) groups excluding carboxylic acids is 1. The van der Waals surface area contributed by atoms with Gasteiger partial charge < -0.3 is 9.42 Å². The lowest BCUT2D eigenvalue weighted by Crippen LogP contribution is -2.31. The Morgan fingerprint density at radius 3 is 2.44 bits per heavy atom. The summed E-state index contributed by atoms with van der Waals surface area (Å²) in [6.45, 7) is 2.49. The fourth-order valence-electron chi connectivity index (χ4n) is 1.47. The molecule has 0 saturated carbocycles. The quantitative estimate of drug-likeness (QED) is 0.802. The molecule has 2 N–H and O–H groups in total. The maximum Gasteiger partial charge on any atom is 0.528 e. The molecular formula is C11H16NO5P. The molecule has 0 aliphatic heterocycles. The molecule has 0 fully saturated rings. The third-order valence-electron chi connectivity index (χ3n) is 2.16. The first-order valence-electron chi connectivity index (χ1n) is 5.50. The van der Waals surface area contributed by atoms with E-state index in [-0.39, 0.29) is 6.54 Å². The Morgan fingerprint density at radius 1 is 1.33 bits per heavy atom. The van der Waals surface area contributed by atoms with Crippen molar-refractivity contribution in [3.05, 3.63) is 35.9 Å². The third-order valence-corrected chi connectivity index (χ3v) is 2.56. The molecule has 0 heterocycles. The fraction of sp³-hybridized carbons (Fsp3) is 0.364. The van der Waals surface area contributed by atoms with Crippen LogP contribution in [-0.4, -0.2) is 27.3 Å². The second-order valence-electron chi connectivity index (χ2n) is 3.75. The Morgan fingerprint density at radius 2 is 1.94 bits per heavy atom. The zero-order valence-electron chi connectivity index (χ0n) is 10.0. The predicted molar refractivity (Wildman–Crippen MR) is 65.7 cm³/mol. The topological polar surface area (TPSA) is 87.1 Å². The van der Waals surface area contributed by atoms with E-state index in [1.165, 1.54) is 4.90 Å². The Balaban J connectivity index is 2.71. The minimum absolute atomic E-state index is 0.257. The van der Waals surface area contributed by atoms with Crippen LogP contribution in [0.1, 0.15) is 18.9 Å². The van der Waals surface area contributed by atoms with Gasteiger partial charge in [0.2, 0.25) is 0 Å². The monoisotopic (exact) mass is 273 g/mol. The lowest BCUT2D eigenvalue weighted by atomic mass is 10.2. The SMILES string of the molecule is CCCN(Cc1ccccc1)C(=O)OP(=O)(O)O. The number of rotatable bonds is 5. The minimum Gasteiger partial charge on any atom is -0.354 e. The maximum absolute atomic E-state index is 11.6. The summed E-state index contributed by atoms with van der Waals surface area (Å²) in [4.78, 5) is 30.0. The van der Waals surface area contributed by atoms with Gasteiger partial charge in [0.25, 0.3) is 0 Å². The van der Waals surface area contributed by atoms with Crippen LogP contribution in [0.15, 0.2) is 30.3 Å². The van der Waals surface area contributed by atoms with E-state index in [0.29, 0.717) is 13.0 Å². The van der Waals surface area contributed by atoms with Gasteiger partial charge in [-0.1, -0.05) is 37.3 Å². The van der Waals surface area contributed by atoms with Crippen molar-refractivity contribution < 1.29 is 23.7 Å². The summed E-state index contributed by atoms with van der Waals surface area (Å²) >= 11 is 0. The second kappa shape index (κ2) is 6.54. The molecular weight excluding hydrogens is 257 g/mol. The van der Waals surface area contributed by atoms with Gasteiger partial charge in [-0.25, -0.2) is 9.36 Å². The van der Waals surface area contributed by atoms with Crippen LogP contribution in [0, 0.1) is 0 Å². The molecule has 18 heavy (non-hydrogen) atoms. The van der Waals surface area contributed by atoms with Gasteiger partial charge >= 0.3 is 13.9 Å². The number of carbonyl (C=O) groups is 1. The maximum atomic E-state index is 11.6. The first kappa shape index (κ1) is 14.7. The van der Waals surface area contributed by atoms with Gasteiger partial charge in [-0.15, -0.1) is 0 Å². The zero-order chi connectivity index (χ0) is 13.6. The van der Waals surface area contributed by atoms with Crippen molar-refractivity contribution in [2.24, 2.45) is 0 Å². The molecule has 1 aromatic carbocycles. The van der Waals surface area contributed by atoms with Crippen molar-refractivity contribution in [2.45, 2.75) is 19.9 Å². The smallest absolute Gasteiger partial charge is 0.354 e. The number of hydrogen-bond acceptors (Lipinski definition) is 3. The molecule has 100 valence electrons. The average Bonchev–Trinajstić information content (AvgIpc) is 2.27. The molecule has 0 aromatic heterocycles. The summed E-state index contributed by atoms with van der Waals surface area (Å²) in [7, 11) is -4.80. The number of phosphoric acid groups is 1. The van der Waals surface area contributed by atoms with Crippen molar-refractivity contribution >= 4 is 13.9 Å². The standard InChI is InChI=1S/C11H16NO5P/c1-2-8-12(11(13)17-18(14,15)16)9-10-6-4-3-5-7-10/h3-7H,2,8-9H2,1H3,(H2,14,15,16). The molecule has 7 heteroatoms. The number of phosphoric ester groups is 1. The zero-order valence-corrected chi connectivity index (χ0v) is 10.9. The van der Waals surface area contributed by atoms with E-state index in [1.54, 1.807) is 0 Å². The van der Waals surface area contributed by atoms with Crippen LogP contribution in [0.5, 0.6) is 0 Å². The van der Waals surface area contributed by atoms with Crippen LogP contribution in [0.3, 0.4) is 0 Å². The van der Waals surface area contributed by atoms with E-state index < -0.39 is 13.9 Å². The predicted octanol–water partition coefficient (Wildman–Crippen LogP) is 2.13. The third kappa shape index (κ3) is 5.31. The second-order valence-corrected chi connectivity index (χ2v) is 4.92. The van der Waals surface area contributed by atoms with Crippen molar-refractivity contribution in [1.82, 2.24) is 4.90 Å². The highest BCUT2D eigenvalue weighted by Gasteiger charge is 2.24. The van der Waals surface area contributed by atoms with Gasteiger partial charge in [0.15, 0.2) is 0 Å². The highest BCUT2D eigenvalue weighted by Crippen LogP contribution is 2.36. The number of hydrogen-bond donors (Lipinski definition) is 2. The van der Waals surface area contributed by atoms with Crippen molar-refractivity contribution in [3.63, 3.8) is 0 Å². The summed E-state index contributed by atoms with van der Waals surface area (Å²) in [5, 5.41) is 0. The molecule has 0 bridgehead atoms. The van der Waals surface area contributed by atoms with Gasteiger partial charge in [-0.05, 0) is 12.0 Å². The highest BCUT2D eigenvalue weighted by molar-refractivity contribution is 7.46. The molecule has 0 saturated heterocycles. The molecule has 0 aliphatic rings. The molecule has 0 aliphatic carbocycles. The van der Waals surface area contributed by atoms with Gasteiger partial charge in [-0.2, -0.15) is 0 Å². The van der Waals surface area contributed by atoms with E-state index in [2.05, 4.69) is 4.52 Å². The van der Waals surface area contributed by atoms with E-state index in [4.69, 9.17) is 9.79 Å². The highest BCUT2D eigenvalue weighted by atomic mass is 31.2. The van der Waals surface area contributed by atoms with Crippen LogP contribution in [0.25, 0.3) is 0 Å². The summed E-state index contributed by atoms with van der Waals surface area (Å²) in [6.07, 6.45) is -0.336. The Hall–Kier alpha value is -1.36. The van der Waals surface area contributed by atoms with Crippen LogP contribution < -0.4 is 0 Å². The molecule has 1 aromatic rings. The summed E-state index contributed by atoms with van der Waals surface area (Å²) < 4.78 is 14.7. The van der Waals surface area contributed by atoms with E-state index in [1.807, 2.05) is 37.3 Å². The number of nitrogens with zero attached hydrogens (tertiary/aromatic N) is 1. The van der Waals surface area contributed by atoms with Crippen molar-refractivity contribution in [1.29, 1.82) is 0 Å². The van der Waals surface area contributed by atoms with E-state index >= 15 is 0 Å². The molecule has 1 rings (SSSR count). The fourth-order valence-corrected chi connectivity index (χ4v) is 1.79. The van der Waals surface area contributed by atoms with Crippen LogP contribution in [0.4, 0.5) is 4.79 Å². The van der Waals surface area contributed by atoms with E-state index in [9.17, 15) is 9.36 Å². The first-order valence-corrected chi connectivity index (χ1v) is 7.03. The van der Waals surface area contributed by atoms with Gasteiger partial charge in [0, 0.05) is 13.1 Å². The summed E-state index contributed by atoms with van der Waals surface area (Å²) in [6, 6.07) is 9.16. The minimum atomic E-state index is -4.80. The van der Waals surface area contributed by atoms with Crippen LogP contribution in [0.2, 0.25) is 0 Å². The lowest BCUT2D eigenvalue weighted by Gasteiger charge is -2.21. The molecule has 6 nitrogen and oxygen atoms in total. The molecule has 0 atom stereocenters. The molecule has 1 amide bonds.